The fourth-order valence-electron chi connectivity index (χ4n) is 3.62. The van der Waals surface area contributed by atoms with E-state index in [2.05, 4.69) is 4.98 Å². The number of ketones is 1. The largest absolute Gasteiger partial charge is 0.484 e. The summed E-state index contributed by atoms with van der Waals surface area (Å²) in [5.41, 5.74) is 1.90. The van der Waals surface area contributed by atoms with Gasteiger partial charge in [-0.05, 0) is 30.7 Å². The lowest BCUT2D eigenvalue weighted by Gasteiger charge is -2.34. The molecule has 2 aromatic rings. The number of carbonyl (C=O) groups excluding carboxylic acids is 2. The highest BCUT2D eigenvalue weighted by Gasteiger charge is 2.46. The molecule has 2 aliphatic rings. The second kappa shape index (κ2) is 5.99. The molecule has 5 nitrogen and oxygen atoms in total. The summed E-state index contributed by atoms with van der Waals surface area (Å²) in [6, 6.07) is 11.2. The van der Waals surface area contributed by atoms with Gasteiger partial charge in [0.25, 0.3) is 0 Å². The van der Waals surface area contributed by atoms with Crippen LogP contribution in [0.2, 0.25) is 0 Å². The molecule has 0 saturated carbocycles. The van der Waals surface area contributed by atoms with E-state index in [4.69, 9.17) is 4.74 Å². The number of fused-ring (bicyclic) bond motifs is 1. The number of pyridine rings is 1. The van der Waals surface area contributed by atoms with E-state index in [0.717, 1.165) is 11.3 Å². The second-order valence-electron chi connectivity index (χ2n) is 6.93. The minimum absolute atomic E-state index is 0.0532. The predicted octanol–water partition coefficient (Wildman–Crippen LogP) is 2.57. The first-order chi connectivity index (χ1) is 12.0. The van der Waals surface area contributed by atoms with Gasteiger partial charge in [-0.2, -0.15) is 0 Å². The van der Waals surface area contributed by atoms with E-state index in [1.165, 1.54) is 0 Å². The van der Waals surface area contributed by atoms with Gasteiger partial charge in [0.05, 0.1) is 24.9 Å². The molecule has 1 unspecified atom stereocenters. The Labute approximate surface area is 146 Å². The molecular weight excluding hydrogens is 316 g/mol. The average Bonchev–Trinajstić information content (AvgIpc) is 3.00. The number of para-hydroxylation sites is 1. The number of aromatic nitrogens is 1. The maximum absolute atomic E-state index is 12.6. The maximum Gasteiger partial charge on any atom is 0.227 e. The molecule has 2 aliphatic heterocycles. The molecule has 25 heavy (non-hydrogen) atoms. The summed E-state index contributed by atoms with van der Waals surface area (Å²) in [6.07, 6.45) is 3.09. The van der Waals surface area contributed by atoms with E-state index in [1.54, 1.807) is 17.2 Å². The van der Waals surface area contributed by atoms with Crippen LogP contribution in [0.5, 0.6) is 5.75 Å². The first-order valence-electron chi connectivity index (χ1n) is 8.55. The van der Waals surface area contributed by atoms with Gasteiger partial charge < -0.3 is 9.64 Å². The molecule has 0 aliphatic carbocycles. The number of ether oxygens (including phenoxy) is 1. The number of nitrogens with zero attached hydrogens (tertiary/aromatic N) is 2. The van der Waals surface area contributed by atoms with Gasteiger partial charge in [0, 0.05) is 24.9 Å². The Kier molecular flexibility index (Phi) is 3.79. The van der Waals surface area contributed by atoms with Gasteiger partial charge >= 0.3 is 0 Å². The van der Waals surface area contributed by atoms with Crippen LogP contribution in [0, 0.1) is 6.92 Å². The summed E-state index contributed by atoms with van der Waals surface area (Å²) >= 11 is 0. The van der Waals surface area contributed by atoms with Gasteiger partial charge in [-0.3, -0.25) is 14.6 Å². The Hall–Kier alpha value is -2.69. The first-order valence-corrected chi connectivity index (χ1v) is 8.55. The number of benzene rings is 1. The van der Waals surface area contributed by atoms with E-state index in [0.29, 0.717) is 43.7 Å². The number of carbonyl (C=O) groups is 2. The smallest absolute Gasteiger partial charge is 0.227 e. The zero-order chi connectivity index (χ0) is 17.4. The molecule has 1 aromatic heterocycles. The molecule has 3 heterocycles. The van der Waals surface area contributed by atoms with Crippen LogP contribution in [0.4, 0.5) is 0 Å². The lowest BCUT2D eigenvalue weighted by molar-refractivity contribution is -0.130. The van der Waals surface area contributed by atoms with Gasteiger partial charge in [-0.15, -0.1) is 0 Å². The summed E-state index contributed by atoms with van der Waals surface area (Å²) in [5.74, 6) is 0.784. The number of hydrogen-bond acceptors (Lipinski definition) is 4. The van der Waals surface area contributed by atoms with Crippen LogP contribution in [0.25, 0.3) is 0 Å². The molecule has 1 atom stereocenters. The van der Waals surface area contributed by atoms with Crippen molar-refractivity contribution in [2.45, 2.75) is 31.8 Å². The quantitative estimate of drug-likeness (QED) is 0.846. The van der Waals surface area contributed by atoms with Crippen molar-refractivity contribution >= 4 is 11.7 Å². The third kappa shape index (κ3) is 3.02. The van der Waals surface area contributed by atoms with E-state index in [-0.39, 0.29) is 11.7 Å². The zero-order valence-corrected chi connectivity index (χ0v) is 14.2. The minimum Gasteiger partial charge on any atom is -0.484 e. The van der Waals surface area contributed by atoms with Crippen molar-refractivity contribution in [3.63, 3.8) is 0 Å². The van der Waals surface area contributed by atoms with E-state index in [9.17, 15) is 9.59 Å². The van der Waals surface area contributed by atoms with Crippen molar-refractivity contribution in [2.75, 3.05) is 13.1 Å². The highest BCUT2D eigenvalue weighted by molar-refractivity contribution is 6.00. The van der Waals surface area contributed by atoms with Gasteiger partial charge in [0.15, 0.2) is 5.78 Å². The number of aryl methyl sites for hydroxylation is 1. The van der Waals surface area contributed by atoms with Gasteiger partial charge in [-0.25, -0.2) is 0 Å². The molecule has 0 radical (unpaired) electrons. The van der Waals surface area contributed by atoms with Gasteiger partial charge in [0.2, 0.25) is 5.91 Å². The molecule has 1 fully saturated rings. The third-order valence-electron chi connectivity index (χ3n) is 4.99. The summed E-state index contributed by atoms with van der Waals surface area (Å²) in [4.78, 5) is 31.1. The number of likely N-dealkylation sites (tertiary alicyclic amines) is 1. The average molecular weight is 336 g/mol. The summed E-state index contributed by atoms with van der Waals surface area (Å²) in [7, 11) is 0. The van der Waals surface area contributed by atoms with Crippen molar-refractivity contribution in [2.24, 2.45) is 0 Å². The Balaban J connectivity index is 1.47. The highest BCUT2D eigenvalue weighted by atomic mass is 16.5. The Bertz CT molecular complexity index is 831. The van der Waals surface area contributed by atoms with Crippen molar-refractivity contribution in [1.82, 2.24) is 9.88 Å². The molecule has 5 heteroatoms. The van der Waals surface area contributed by atoms with Crippen LogP contribution in [0.1, 0.15) is 34.5 Å². The fourth-order valence-corrected chi connectivity index (χ4v) is 3.62. The van der Waals surface area contributed by atoms with Crippen LogP contribution < -0.4 is 4.74 Å². The van der Waals surface area contributed by atoms with E-state index in [1.807, 2.05) is 37.3 Å². The first kappa shape index (κ1) is 15.8. The van der Waals surface area contributed by atoms with E-state index >= 15 is 0 Å². The van der Waals surface area contributed by atoms with Crippen molar-refractivity contribution in [1.29, 1.82) is 0 Å². The standard InChI is InChI=1S/C20H20N2O3/c1-14-6-7-15(12-21-14)10-19(24)22-9-8-20(13-22)11-17(23)16-4-2-3-5-18(16)25-20/h2-7,12H,8-11,13H2,1H3. The Morgan fingerprint density at radius 3 is 2.92 bits per heavy atom. The monoisotopic (exact) mass is 336 g/mol. The van der Waals surface area contributed by atoms with Crippen LogP contribution in [-0.4, -0.2) is 40.3 Å². The lowest BCUT2D eigenvalue weighted by atomic mass is 9.89. The van der Waals surface area contributed by atoms with Crippen LogP contribution in [0.3, 0.4) is 0 Å². The molecule has 4 rings (SSSR count). The van der Waals surface area contributed by atoms with E-state index < -0.39 is 5.60 Å². The molecule has 1 spiro atoms. The molecule has 0 bridgehead atoms. The molecule has 1 amide bonds. The molecular formula is C20H20N2O3. The van der Waals surface area contributed by atoms with Gasteiger partial charge in [-0.1, -0.05) is 18.2 Å². The topological polar surface area (TPSA) is 59.5 Å². The molecule has 128 valence electrons. The van der Waals surface area contributed by atoms with Crippen molar-refractivity contribution in [3.8, 4) is 5.75 Å². The van der Waals surface area contributed by atoms with Crippen molar-refractivity contribution < 1.29 is 14.3 Å². The lowest BCUT2D eigenvalue weighted by Crippen LogP contribution is -2.45. The summed E-state index contributed by atoms with van der Waals surface area (Å²) in [6.45, 7) is 3.00. The zero-order valence-electron chi connectivity index (χ0n) is 14.2. The third-order valence-corrected chi connectivity index (χ3v) is 4.99. The van der Waals surface area contributed by atoms with Crippen LogP contribution in [0.15, 0.2) is 42.6 Å². The number of hydrogen-bond donors (Lipinski definition) is 0. The summed E-state index contributed by atoms with van der Waals surface area (Å²) in [5, 5.41) is 0. The normalized spacial score (nSPS) is 22.0. The molecule has 0 N–H and O–H groups in total. The Morgan fingerprint density at radius 2 is 2.12 bits per heavy atom. The fraction of sp³-hybridized carbons (Fsp3) is 0.350. The second-order valence-corrected chi connectivity index (χ2v) is 6.93. The van der Waals surface area contributed by atoms with Crippen LogP contribution in [-0.2, 0) is 11.2 Å². The maximum atomic E-state index is 12.6. The Morgan fingerprint density at radius 1 is 1.28 bits per heavy atom. The molecule has 1 aromatic carbocycles. The SMILES string of the molecule is Cc1ccc(CC(=O)N2CCC3(CC(=O)c4ccccc4O3)C2)cn1. The minimum atomic E-state index is -0.577. The predicted molar refractivity (Wildman–Crippen MR) is 92.6 cm³/mol. The highest BCUT2D eigenvalue weighted by Crippen LogP contribution is 2.38. The number of rotatable bonds is 2. The van der Waals surface area contributed by atoms with Crippen LogP contribution >= 0.6 is 0 Å². The summed E-state index contributed by atoms with van der Waals surface area (Å²) < 4.78 is 6.17. The molecule has 1 saturated heterocycles. The number of Topliss-reactive ketones (excluding diaryl/α,β-unsaturated/α-hetero) is 1. The number of amides is 1. The van der Waals surface area contributed by atoms with Gasteiger partial charge in [0.1, 0.15) is 11.4 Å². The van der Waals surface area contributed by atoms with Crippen molar-refractivity contribution in [3.05, 3.63) is 59.4 Å².